The van der Waals surface area contributed by atoms with Crippen LogP contribution < -0.4 is 4.90 Å². The van der Waals surface area contributed by atoms with Gasteiger partial charge in [-0.05, 0) is 19.1 Å². The monoisotopic (exact) mass is 308 g/mol. The van der Waals surface area contributed by atoms with Gasteiger partial charge in [-0.1, -0.05) is 17.7 Å². The van der Waals surface area contributed by atoms with Crippen molar-refractivity contribution in [2.45, 2.75) is 6.92 Å². The van der Waals surface area contributed by atoms with Gasteiger partial charge in [-0.15, -0.1) is 11.8 Å². The number of rotatable bonds is 5. The first-order valence-electron chi connectivity index (χ1n) is 6.41. The summed E-state index contributed by atoms with van der Waals surface area (Å²) in [7, 11) is 0. The molecule has 112 valence electrons. The number of aryl methyl sites for hydroxylation is 1. The zero-order chi connectivity index (χ0) is 15.4. The van der Waals surface area contributed by atoms with Crippen LogP contribution >= 0.6 is 11.8 Å². The summed E-state index contributed by atoms with van der Waals surface area (Å²) in [6.45, 7) is 1.40. The molecule has 1 aliphatic heterocycles. The molecular weight excluding hydrogens is 292 g/mol. The van der Waals surface area contributed by atoms with E-state index in [0.717, 1.165) is 5.56 Å². The van der Waals surface area contributed by atoms with Gasteiger partial charge >= 0.3 is 5.97 Å². The molecule has 0 aromatic heterocycles. The number of hydrogen-bond donors (Lipinski definition) is 1. The Morgan fingerprint density at radius 1 is 1.33 bits per heavy atom. The van der Waals surface area contributed by atoms with Crippen LogP contribution in [0, 0.1) is 6.92 Å². The molecule has 1 aromatic carbocycles. The minimum Gasteiger partial charge on any atom is -0.480 e. The van der Waals surface area contributed by atoms with E-state index in [0.29, 0.717) is 17.3 Å². The van der Waals surface area contributed by atoms with Crippen molar-refractivity contribution < 1.29 is 19.5 Å². The largest absolute Gasteiger partial charge is 0.480 e. The molecule has 0 radical (unpaired) electrons. The van der Waals surface area contributed by atoms with Gasteiger partial charge < -0.3 is 10.0 Å². The summed E-state index contributed by atoms with van der Waals surface area (Å²) in [4.78, 5) is 37.5. The van der Waals surface area contributed by atoms with E-state index in [1.807, 2.05) is 19.1 Å². The number of amides is 2. The molecule has 6 nitrogen and oxygen atoms in total. The highest BCUT2D eigenvalue weighted by Gasteiger charge is 2.26. The quantitative estimate of drug-likeness (QED) is 0.876. The predicted octanol–water partition coefficient (Wildman–Crippen LogP) is 0.946. The molecule has 21 heavy (non-hydrogen) atoms. The van der Waals surface area contributed by atoms with E-state index in [4.69, 9.17) is 5.11 Å². The van der Waals surface area contributed by atoms with Gasteiger partial charge in [-0.25, -0.2) is 0 Å². The molecule has 7 heteroatoms. The minimum absolute atomic E-state index is 0.0902. The third kappa shape index (κ3) is 3.98. The van der Waals surface area contributed by atoms with Crippen molar-refractivity contribution in [3.05, 3.63) is 29.8 Å². The number of nitrogens with zero attached hydrogens (tertiary/aromatic N) is 2. The number of carbonyl (C=O) groups is 3. The fourth-order valence-electron chi connectivity index (χ4n) is 1.97. The van der Waals surface area contributed by atoms with E-state index >= 15 is 0 Å². The fraction of sp³-hybridized carbons (Fsp3) is 0.357. The topological polar surface area (TPSA) is 77.9 Å². The number of hydrogen-bond acceptors (Lipinski definition) is 4. The predicted molar refractivity (Wildman–Crippen MR) is 80.2 cm³/mol. The third-order valence-electron chi connectivity index (χ3n) is 3.09. The van der Waals surface area contributed by atoms with Gasteiger partial charge in [-0.2, -0.15) is 0 Å². The minimum atomic E-state index is -1.09. The molecular formula is C14H16N2O4S. The summed E-state index contributed by atoms with van der Waals surface area (Å²) in [6, 6.07) is 7.04. The second-order valence-electron chi connectivity index (χ2n) is 4.78. The lowest BCUT2D eigenvalue weighted by Gasteiger charge is -2.24. The number of aliphatic carboxylic acids is 1. The van der Waals surface area contributed by atoms with Gasteiger partial charge in [0, 0.05) is 5.69 Å². The van der Waals surface area contributed by atoms with Gasteiger partial charge in [0.05, 0.1) is 11.6 Å². The lowest BCUT2D eigenvalue weighted by molar-refractivity contribution is -0.137. The van der Waals surface area contributed by atoms with Crippen LogP contribution in [-0.4, -0.2) is 52.5 Å². The number of carbonyl (C=O) groups excluding carboxylic acids is 2. The van der Waals surface area contributed by atoms with Gasteiger partial charge in [0.1, 0.15) is 13.1 Å². The van der Waals surface area contributed by atoms with Crippen molar-refractivity contribution >= 4 is 35.2 Å². The van der Waals surface area contributed by atoms with E-state index in [1.165, 1.54) is 21.6 Å². The molecule has 0 atom stereocenters. The summed E-state index contributed by atoms with van der Waals surface area (Å²) in [5, 5.41) is 8.98. The van der Waals surface area contributed by atoms with E-state index in [2.05, 4.69) is 0 Å². The summed E-state index contributed by atoms with van der Waals surface area (Å²) < 4.78 is 0. The zero-order valence-corrected chi connectivity index (χ0v) is 12.4. The van der Waals surface area contributed by atoms with Crippen LogP contribution in [0.15, 0.2) is 24.3 Å². The molecule has 0 aliphatic carbocycles. The maximum atomic E-state index is 12.3. The third-order valence-corrected chi connectivity index (χ3v) is 4.04. The van der Waals surface area contributed by atoms with Gasteiger partial charge in [0.2, 0.25) is 11.8 Å². The SMILES string of the molecule is Cc1ccc(N(CC(=O)O)C(=O)CN2CSCC2=O)cc1. The van der Waals surface area contributed by atoms with Gasteiger partial charge in [-0.3, -0.25) is 19.3 Å². The van der Waals surface area contributed by atoms with Gasteiger partial charge in [0.15, 0.2) is 0 Å². The van der Waals surface area contributed by atoms with E-state index in [1.54, 1.807) is 12.1 Å². The molecule has 0 unspecified atom stereocenters. The van der Waals surface area contributed by atoms with Gasteiger partial charge in [0.25, 0.3) is 0 Å². The summed E-state index contributed by atoms with van der Waals surface area (Å²) in [5.74, 6) is -0.730. The maximum Gasteiger partial charge on any atom is 0.323 e. The number of anilines is 1. The highest BCUT2D eigenvalue weighted by molar-refractivity contribution is 8.00. The highest BCUT2D eigenvalue weighted by Crippen LogP contribution is 2.18. The molecule has 0 saturated carbocycles. The second-order valence-corrected chi connectivity index (χ2v) is 5.73. The zero-order valence-electron chi connectivity index (χ0n) is 11.6. The Morgan fingerprint density at radius 3 is 2.52 bits per heavy atom. The normalized spacial score (nSPS) is 14.3. The van der Waals surface area contributed by atoms with E-state index in [-0.39, 0.29) is 12.5 Å². The van der Waals surface area contributed by atoms with Crippen LogP contribution in [-0.2, 0) is 14.4 Å². The Bertz CT molecular complexity index is 559. The van der Waals surface area contributed by atoms with Crippen LogP contribution in [0.1, 0.15) is 5.56 Å². The molecule has 2 amide bonds. The second kappa shape index (κ2) is 6.62. The first-order chi connectivity index (χ1) is 9.97. The molecule has 1 fully saturated rings. The Hall–Kier alpha value is -2.02. The van der Waals surface area contributed by atoms with Crippen molar-refractivity contribution in [1.29, 1.82) is 0 Å². The Balaban J connectivity index is 2.14. The van der Waals surface area contributed by atoms with E-state index < -0.39 is 18.4 Å². The van der Waals surface area contributed by atoms with Crippen LogP contribution in [0.25, 0.3) is 0 Å². The molecule has 1 N–H and O–H groups in total. The average molecular weight is 308 g/mol. The van der Waals surface area contributed by atoms with Crippen LogP contribution in [0.5, 0.6) is 0 Å². The number of carboxylic acids is 1. The molecule has 2 rings (SSSR count). The molecule has 0 bridgehead atoms. The summed E-state index contributed by atoms with van der Waals surface area (Å²) in [5.41, 5.74) is 1.54. The number of carboxylic acid groups (broad SMARTS) is 1. The van der Waals surface area contributed by atoms with E-state index in [9.17, 15) is 14.4 Å². The Morgan fingerprint density at radius 2 is 2.00 bits per heavy atom. The van der Waals surface area contributed by atoms with Crippen molar-refractivity contribution in [2.24, 2.45) is 0 Å². The molecule has 1 aliphatic rings. The molecule has 1 saturated heterocycles. The van der Waals surface area contributed by atoms with Crippen LogP contribution in [0.3, 0.4) is 0 Å². The first kappa shape index (κ1) is 15.4. The fourth-order valence-corrected chi connectivity index (χ4v) is 2.88. The average Bonchev–Trinajstić information content (AvgIpc) is 2.82. The lowest BCUT2D eigenvalue weighted by atomic mass is 10.2. The van der Waals surface area contributed by atoms with Crippen molar-refractivity contribution in [1.82, 2.24) is 4.90 Å². The van der Waals surface area contributed by atoms with Crippen molar-refractivity contribution in [3.63, 3.8) is 0 Å². The van der Waals surface area contributed by atoms with Crippen molar-refractivity contribution in [2.75, 3.05) is 29.6 Å². The first-order valence-corrected chi connectivity index (χ1v) is 7.57. The standard InChI is InChI=1S/C14H16N2O4S/c1-10-2-4-11(5-3-10)16(7-14(19)20)12(17)6-15-9-21-8-13(15)18/h2-5H,6-9H2,1H3,(H,19,20). The van der Waals surface area contributed by atoms with Crippen LogP contribution in [0.4, 0.5) is 5.69 Å². The number of thioether (sulfide) groups is 1. The highest BCUT2D eigenvalue weighted by atomic mass is 32.2. The van der Waals surface area contributed by atoms with Crippen LogP contribution in [0.2, 0.25) is 0 Å². The summed E-state index contributed by atoms with van der Waals surface area (Å²) in [6.07, 6.45) is 0. The molecule has 1 heterocycles. The summed E-state index contributed by atoms with van der Waals surface area (Å²) >= 11 is 1.44. The smallest absolute Gasteiger partial charge is 0.323 e. The Kier molecular flexibility index (Phi) is 4.85. The molecule has 0 spiro atoms. The lowest BCUT2D eigenvalue weighted by Crippen LogP contribution is -2.43. The maximum absolute atomic E-state index is 12.3. The molecule has 1 aromatic rings. The Labute approximate surface area is 126 Å². The number of benzene rings is 1. The van der Waals surface area contributed by atoms with Crippen molar-refractivity contribution in [3.8, 4) is 0 Å².